The van der Waals surface area contributed by atoms with E-state index in [0.717, 1.165) is 94.1 Å². The van der Waals surface area contributed by atoms with Gasteiger partial charge in [-0.3, -0.25) is 0 Å². The van der Waals surface area contributed by atoms with E-state index in [4.69, 9.17) is 18.8 Å². The van der Waals surface area contributed by atoms with Gasteiger partial charge >= 0.3 is 0 Å². The molecule has 11 rings (SSSR count). The number of nitrogens with zero attached hydrogens (tertiary/aromatic N) is 3. The van der Waals surface area contributed by atoms with Gasteiger partial charge in [0, 0.05) is 54.7 Å². The van der Waals surface area contributed by atoms with E-state index in [1.165, 1.54) is 5.39 Å². The second-order valence-corrected chi connectivity index (χ2v) is 12.9. The summed E-state index contributed by atoms with van der Waals surface area (Å²) in [5.74, 6) is 0.628. The molecule has 11 aromatic rings. The molecule has 51 heavy (non-hydrogen) atoms. The van der Waals surface area contributed by atoms with Crippen LogP contribution in [0.4, 0.5) is 0 Å². The summed E-state index contributed by atoms with van der Waals surface area (Å²) < 4.78 is 15.6. The van der Waals surface area contributed by atoms with Crippen LogP contribution in [0.25, 0.3) is 105 Å². The first-order chi connectivity index (χ1) is 25.3. The molecule has 0 atom stereocenters. The van der Waals surface area contributed by atoms with Gasteiger partial charge in [-0.1, -0.05) is 115 Å². The fraction of sp³-hybridized carbons (Fsp3) is 0. The van der Waals surface area contributed by atoms with Crippen molar-refractivity contribution in [2.24, 2.45) is 0 Å². The molecule has 0 spiro atoms. The fourth-order valence-electron chi connectivity index (χ4n) is 7.77. The van der Waals surface area contributed by atoms with E-state index in [1.807, 2.05) is 48.5 Å². The van der Waals surface area contributed by atoms with E-state index < -0.39 is 0 Å². The predicted molar refractivity (Wildman–Crippen MR) is 207 cm³/mol. The molecule has 238 valence electrons. The van der Waals surface area contributed by atoms with Crippen LogP contribution in [0.2, 0.25) is 0 Å². The lowest BCUT2D eigenvalue weighted by atomic mass is 10.0. The Morgan fingerprint density at radius 2 is 1.08 bits per heavy atom. The third-order valence-corrected chi connectivity index (χ3v) is 10.0. The monoisotopic (exact) mass is 653 g/mol. The van der Waals surface area contributed by atoms with Crippen molar-refractivity contribution in [3.63, 3.8) is 0 Å². The Kier molecular flexibility index (Phi) is 5.89. The number of aromatic nitrogens is 3. The highest BCUT2D eigenvalue weighted by Crippen LogP contribution is 2.43. The Hall–Kier alpha value is -6.98. The molecule has 0 fully saturated rings. The molecule has 0 aliphatic carbocycles. The van der Waals surface area contributed by atoms with Crippen LogP contribution < -0.4 is 0 Å². The number of hydrogen-bond acceptors (Lipinski definition) is 4. The number of fused-ring (bicyclic) bond motifs is 10. The average Bonchev–Trinajstić information content (AvgIpc) is 3.88. The lowest BCUT2D eigenvalue weighted by Crippen LogP contribution is -1.96. The molecule has 0 aliphatic rings. The van der Waals surface area contributed by atoms with Gasteiger partial charge in [0.25, 0.3) is 0 Å². The van der Waals surface area contributed by atoms with Gasteiger partial charge in [0.1, 0.15) is 16.7 Å². The maximum atomic E-state index is 7.05. The van der Waals surface area contributed by atoms with Crippen LogP contribution in [-0.2, 0) is 0 Å². The van der Waals surface area contributed by atoms with Crippen LogP contribution in [0.3, 0.4) is 0 Å². The largest absolute Gasteiger partial charge is 0.456 e. The van der Waals surface area contributed by atoms with Crippen LogP contribution in [0.1, 0.15) is 0 Å². The van der Waals surface area contributed by atoms with Crippen molar-refractivity contribution in [2.75, 3.05) is 0 Å². The highest BCUT2D eigenvalue weighted by Gasteiger charge is 2.22. The first-order valence-electron chi connectivity index (χ1n) is 17.1. The standard InChI is InChI=1S/C46H27N3O2/c1-3-13-28(14-4-1)37-27-38(48-46(47-37)36-21-12-24-41-42(36)35-18-8-10-23-40(35)50-41)34-20-11-19-32-33-26-25-31-30-17-7-9-22-39(30)49(29-15-5-2-6-16-29)43(31)45(33)51-44(32)34/h1-27H. The lowest BCUT2D eigenvalue weighted by Gasteiger charge is -2.10. The minimum atomic E-state index is 0.628. The van der Waals surface area contributed by atoms with E-state index in [9.17, 15) is 0 Å². The summed E-state index contributed by atoms with van der Waals surface area (Å²) in [4.78, 5) is 10.5. The zero-order chi connectivity index (χ0) is 33.5. The zero-order valence-electron chi connectivity index (χ0n) is 27.2. The Morgan fingerprint density at radius 1 is 0.431 bits per heavy atom. The first-order valence-corrected chi connectivity index (χ1v) is 17.1. The van der Waals surface area contributed by atoms with Crippen molar-refractivity contribution in [2.45, 2.75) is 0 Å². The Labute approximate surface area is 291 Å². The van der Waals surface area contributed by atoms with Gasteiger partial charge < -0.3 is 13.4 Å². The van der Waals surface area contributed by atoms with Crippen LogP contribution >= 0.6 is 0 Å². The van der Waals surface area contributed by atoms with E-state index in [0.29, 0.717) is 5.82 Å². The Balaban J connectivity index is 1.21. The normalized spacial score (nSPS) is 11.9. The first kappa shape index (κ1) is 27.9. The third kappa shape index (κ3) is 4.15. The lowest BCUT2D eigenvalue weighted by molar-refractivity contribution is 0.669. The molecule has 5 heteroatoms. The number of rotatable bonds is 4. The summed E-state index contributed by atoms with van der Waals surface area (Å²) >= 11 is 0. The zero-order valence-corrected chi connectivity index (χ0v) is 27.2. The minimum Gasteiger partial charge on any atom is -0.456 e. The molecular weight excluding hydrogens is 627 g/mol. The number of para-hydroxylation sites is 4. The molecule has 0 radical (unpaired) electrons. The molecule has 0 unspecified atom stereocenters. The molecule has 5 nitrogen and oxygen atoms in total. The summed E-state index contributed by atoms with van der Waals surface area (Å²) in [6.45, 7) is 0. The van der Waals surface area contributed by atoms with Gasteiger partial charge in [-0.15, -0.1) is 0 Å². The predicted octanol–water partition coefficient (Wildman–Crippen LogP) is 12.4. The Morgan fingerprint density at radius 3 is 1.96 bits per heavy atom. The van der Waals surface area contributed by atoms with Gasteiger partial charge in [-0.25, -0.2) is 9.97 Å². The molecule has 0 amide bonds. The van der Waals surface area contributed by atoms with Crippen molar-refractivity contribution in [3.05, 3.63) is 164 Å². The molecule has 0 saturated heterocycles. The molecule has 7 aromatic carbocycles. The Bertz CT molecular complexity index is 3130. The second-order valence-electron chi connectivity index (χ2n) is 12.9. The molecule has 4 aromatic heterocycles. The van der Waals surface area contributed by atoms with Crippen molar-refractivity contribution in [1.82, 2.24) is 14.5 Å². The summed E-state index contributed by atoms with van der Waals surface area (Å²) in [5.41, 5.74) is 11.0. The maximum absolute atomic E-state index is 7.05. The van der Waals surface area contributed by atoms with Crippen LogP contribution in [0.15, 0.2) is 173 Å². The molecule has 4 heterocycles. The topological polar surface area (TPSA) is 57.0 Å². The SMILES string of the molecule is c1ccc(-c2cc(-c3cccc4c3oc3c4ccc4c5ccccc5n(-c5ccccc5)c43)nc(-c3cccc4oc5ccccc5c34)n2)cc1. The van der Waals surface area contributed by atoms with Crippen molar-refractivity contribution in [1.29, 1.82) is 0 Å². The summed E-state index contributed by atoms with van der Waals surface area (Å²) in [6.07, 6.45) is 0. The van der Waals surface area contributed by atoms with Gasteiger partial charge in [-0.05, 0) is 48.5 Å². The highest BCUT2D eigenvalue weighted by atomic mass is 16.3. The fourth-order valence-corrected chi connectivity index (χ4v) is 7.77. The summed E-state index contributed by atoms with van der Waals surface area (Å²) in [6, 6.07) is 56.4. The quantitative estimate of drug-likeness (QED) is 0.190. The van der Waals surface area contributed by atoms with Crippen LogP contribution in [0.5, 0.6) is 0 Å². The van der Waals surface area contributed by atoms with E-state index in [1.54, 1.807) is 0 Å². The van der Waals surface area contributed by atoms with Gasteiger partial charge in [0.2, 0.25) is 0 Å². The summed E-state index contributed by atoms with van der Waals surface area (Å²) in [7, 11) is 0. The second kappa shape index (κ2) is 10.8. The van der Waals surface area contributed by atoms with Crippen LogP contribution in [0, 0.1) is 0 Å². The van der Waals surface area contributed by atoms with Crippen molar-refractivity contribution in [3.8, 4) is 39.6 Å². The van der Waals surface area contributed by atoms with Crippen molar-refractivity contribution >= 4 is 65.7 Å². The minimum absolute atomic E-state index is 0.628. The van der Waals surface area contributed by atoms with Crippen LogP contribution in [-0.4, -0.2) is 14.5 Å². The van der Waals surface area contributed by atoms with Gasteiger partial charge in [0.05, 0.1) is 22.4 Å². The molecule has 0 bridgehead atoms. The van der Waals surface area contributed by atoms with E-state index in [-0.39, 0.29) is 0 Å². The van der Waals surface area contributed by atoms with E-state index >= 15 is 0 Å². The maximum Gasteiger partial charge on any atom is 0.161 e. The molecule has 0 saturated carbocycles. The highest BCUT2D eigenvalue weighted by molar-refractivity contribution is 6.22. The number of benzene rings is 7. The molecular formula is C46H27N3O2. The average molecular weight is 654 g/mol. The van der Waals surface area contributed by atoms with Crippen molar-refractivity contribution < 1.29 is 8.83 Å². The third-order valence-electron chi connectivity index (χ3n) is 10.0. The number of hydrogen-bond donors (Lipinski definition) is 0. The van der Waals surface area contributed by atoms with E-state index in [2.05, 4.69) is 120 Å². The number of furan rings is 2. The smallest absolute Gasteiger partial charge is 0.161 e. The summed E-state index contributed by atoms with van der Waals surface area (Å²) in [5, 5.41) is 6.48. The molecule has 0 aliphatic heterocycles. The van der Waals surface area contributed by atoms with Gasteiger partial charge in [-0.2, -0.15) is 0 Å². The van der Waals surface area contributed by atoms with Gasteiger partial charge in [0.15, 0.2) is 11.4 Å². The molecule has 0 N–H and O–H groups in total.